The molecule has 0 unspecified atom stereocenters. The molecule has 2 rings (SSSR count). The Bertz CT molecular complexity index is 992. The van der Waals surface area contributed by atoms with E-state index in [1.54, 1.807) is 24.3 Å². The highest BCUT2D eigenvalue weighted by Crippen LogP contribution is 2.28. The summed E-state index contributed by atoms with van der Waals surface area (Å²) < 4.78 is 27.6. The van der Waals surface area contributed by atoms with Crippen molar-refractivity contribution >= 4 is 33.2 Å². The summed E-state index contributed by atoms with van der Waals surface area (Å²) >= 11 is 6.29. The van der Waals surface area contributed by atoms with Gasteiger partial charge in [-0.1, -0.05) is 50.1 Å². The maximum Gasteiger partial charge on any atom is 0.261 e. The summed E-state index contributed by atoms with van der Waals surface area (Å²) in [5.41, 5.74) is 1.20. The molecule has 0 saturated carbocycles. The minimum absolute atomic E-state index is 0.0543. The van der Waals surface area contributed by atoms with E-state index in [0.717, 1.165) is 12.0 Å². The van der Waals surface area contributed by atoms with Crippen LogP contribution in [0, 0.1) is 12.3 Å². The van der Waals surface area contributed by atoms with Gasteiger partial charge in [0.25, 0.3) is 15.9 Å². The van der Waals surface area contributed by atoms with Crippen molar-refractivity contribution in [2.45, 2.75) is 58.4 Å². The molecule has 0 atom stereocenters. The first-order valence-corrected chi connectivity index (χ1v) is 11.3. The van der Waals surface area contributed by atoms with Gasteiger partial charge in [0, 0.05) is 5.54 Å². The molecule has 0 heterocycles. The lowest BCUT2D eigenvalue weighted by Gasteiger charge is -2.33. The molecule has 0 radical (unpaired) electrons. The molecule has 0 aromatic heterocycles. The molecule has 0 saturated heterocycles. The third-order valence-electron chi connectivity index (χ3n) is 4.22. The van der Waals surface area contributed by atoms with Crippen LogP contribution < -0.4 is 10.0 Å². The van der Waals surface area contributed by atoms with Crippen LogP contribution in [0.3, 0.4) is 0 Å². The van der Waals surface area contributed by atoms with Crippen molar-refractivity contribution in [3.8, 4) is 0 Å². The number of sulfonamides is 1. The van der Waals surface area contributed by atoms with Crippen LogP contribution in [0.2, 0.25) is 5.02 Å². The van der Waals surface area contributed by atoms with Crippen LogP contribution in [0.5, 0.6) is 0 Å². The molecule has 1 amide bonds. The molecule has 0 aliphatic heterocycles. The predicted octanol–water partition coefficient (Wildman–Crippen LogP) is 5.39. The predicted molar refractivity (Wildman–Crippen MR) is 119 cm³/mol. The molecule has 29 heavy (non-hydrogen) atoms. The molecular weight excluding hydrogens is 408 g/mol. The fourth-order valence-corrected chi connectivity index (χ4v) is 4.75. The number of aryl methyl sites for hydroxylation is 1. The summed E-state index contributed by atoms with van der Waals surface area (Å²) in [4.78, 5) is 12.8. The number of hydrogen-bond acceptors (Lipinski definition) is 3. The average molecular weight is 437 g/mol. The van der Waals surface area contributed by atoms with Gasteiger partial charge in [0.05, 0.1) is 21.2 Å². The highest BCUT2D eigenvalue weighted by Gasteiger charge is 2.28. The van der Waals surface area contributed by atoms with Gasteiger partial charge in [-0.25, -0.2) is 8.42 Å². The molecule has 0 fully saturated rings. The van der Waals surface area contributed by atoms with Crippen LogP contribution in [0.1, 0.15) is 57.0 Å². The normalized spacial score (nSPS) is 12.5. The molecule has 0 aliphatic carbocycles. The van der Waals surface area contributed by atoms with Crippen LogP contribution in [-0.4, -0.2) is 19.9 Å². The zero-order chi connectivity index (χ0) is 22.0. The van der Waals surface area contributed by atoms with Crippen LogP contribution >= 0.6 is 11.6 Å². The van der Waals surface area contributed by atoms with Crippen molar-refractivity contribution in [2.75, 3.05) is 4.72 Å². The summed E-state index contributed by atoms with van der Waals surface area (Å²) in [5.74, 6) is -0.294. The third kappa shape index (κ3) is 6.75. The van der Waals surface area contributed by atoms with E-state index in [-0.39, 0.29) is 21.2 Å². The Balaban J connectivity index is 2.17. The van der Waals surface area contributed by atoms with E-state index < -0.39 is 15.6 Å². The number of nitrogens with one attached hydrogen (secondary N) is 2. The molecular formula is C22H29ClN2O3S. The summed E-state index contributed by atoms with van der Waals surface area (Å²) in [7, 11) is -3.74. The van der Waals surface area contributed by atoms with Gasteiger partial charge in [-0.2, -0.15) is 0 Å². The lowest BCUT2D eigenvalue weighted by Crippen LogP contribution is -2.45. The van der Waals surface area contributed by atoms with Gasteiger partial charge in [0.1, 0.15) is 0 Å². The second-order valence-electron chi connectivity index (χ2n) is 9.19. The number of halogens is 1. The number of carbonyl (C=O) groups excluding carboxylic acids is 1. The number of carbonyl (C=O) groups is 1. The molecule has 7 heteroatoms. The van der Waals surface area contributed by atoms with Crippen LogP contribution in [0.4, 0.5) is 5.69 Å². The van der Waals surface area contributed by atoms with Gasteiger partial charge in [0.2, 0.25) is 0 Å². The number of benzene rings is 2. The Morgan fingerprint density at radius 3 is 2.10 bits per heavy atom. The average Bonchev–Trinajstić information content (AvgIpc) is 2.51. The van der Waals surface area contributed by atoms with Crippen molar-refractivity contribution in [3.05, 3.63) is 58.6 Å². The smallest absolute Gasteiger partial charge is 0.261 e. The van der Waals surface area contributed by atoms with Gasteiger partial charge in [-0.15, -0.1) is 0 Å². The molecule has 2 N–H and O–H groups in total. The number of rotatable bonds is 6. The molecule has 158 valence electrons. The summed E-state index contributed by atoms with van der Waals surface area (Å²) in [5, 5.41) is 3.19. The Morgan fingerprint density at radius 2 is 1.59 bits per heavy atom. The second kappa shape index (κ2) is 8.36. The molecule has 0 bridgehead atoms. The van der Waals surface area contributed by atoms with Gasteiger partial charge in [-0.3, -0.25) is 9.52 Å². The van der Waals surface area contributed by atoms with E-state index in [0.29, 0.717) is 11.3 Å². The fourth-order valence-electron chi connectivity index (χ4n) is 3.44. The van der Waals surface area contributed by atoms with Crippen molar-refractivity contribution in [1.82, 2.24) is 5.32 Å². The van der Waals surface area contributed by atoms with Crippen LogP contribution in [0.25, 0.3) is 0 Å². The van der Waals surface area contributed by atoms with Crippen molar-refractivity contribution in [2.24, 2.45) is 5.41 Å². The van der Waals surface area contributed by atoms with Crippen LogP contribution in [0.15, 0.2) is 47.4 Å². The minimum Gasteiger partial charge on any atom is -0.347 e. The first-order chi connectivity index (χ1) is 13.2. The van der Waals surface area contributed by atoms with E-state index >= 15 is 0 Å². The minimum atomic E-state index is -3.74. The molecule has 0 aliphatic rings. The Kier molecular flexibility index (Phi) is 6.70. The van der Waals surface area contributed by atoms with Crippen molar-refractivity contribution < 1.29 is 13.2 Å². The van der Waals surface area contributed by atoms with E-state index in [1.165, 1.54) is 18.2 Å². The first-order valence-electron chi connectivity index (χ1n) is 9.40. The number of anilines is 1. The molecule has 2 aromatic rings. The SMILES string of the molecule is Cc1ccc(S(=O)(=O)Nc2ccc(C(=O)NC(C)(C)CC(C)(C)C)c(Cl)c2)cc1. The van der Waals surface area contributed by atoms with Crippen LogP contribution in [-0.2, 0) is 10.0 Å². The molecule has 2 aromatic carbocycles. The Labute approximate surface area is 178 Å². The summed E-state index contributed by atoms with van der Waals surface area (Å²) in [6.07, 6.45) is 0.789. The summed E-state index contributed by atoms with van der Waals surface area (Å²) in [6.45, 7) is 12.2. The molecule has 0 spiro atoms. The second-order valence-corrected chi connectivity index (χ2v) is 11.3. The van der Waals surface area contributed by atoms with E-state index in [1.807, 2.05) is 20.8 Å². The van der Waals surface area contributed by atoms with E-state index in [2.05, 4.69) is 30.8 Å². The van der Waals surface area contributed by atoms with Crippen molar-refractivity contribution in [1.29, 1.82) is 0 Å². The number of amides is 1. The first kappa shape index (κ1) is 23.2. The Morgan fingerprint density at radius 1 is 1.00 bits per heavy atom. The lowest BCUT2D eigenvalue weighted by molar-refractivity contribution is 0.0891. The van der Waals surface area contributed by atoms with Gasteiger partial charge in [0.15, 0.2) is 0 Å². The number of hydrogen-bond donors (Lipinski definition) is 2. The van der Waals surface area contributed by atoms with Crippen molar-refractivity contribution in [3.63, 3.8) is 0 Å². The molecule has 5 nitrogen and oxygen atoms in total. The topological polar surface area (TPSA) is 75.3 Å². The highest BCUT2D eigenvalue weighted by molar-refractivity contribution is 7.92. The standard InChI is InChI=1S/C22H29ClN2O3S/c1-15-7-10-17(11-8-15)29(27,28)25-16-9-12-18(19(23)13-16)20(26)24-22(5,6)14-21(2,3)4/h7-13,25H,14H2,1-6H3,(H,24,26). The maximum absolute atomic E-state index is 12.7. The zero-order valence-corrected chi connectivity index (χ0v) is 19.3. The third-order valence-corrected chi connectivity index (χ3v) is 5.93. The Hall–Kier alpha value is -2.05. The van der Waals surface area contributed by atoms with Gasteiger partial charge < -0.3 is 5.32 Å². The lowest BCUT2D eigenvalue weighted by atomic mass is 9.81. The maximum atomic E-state index is 12.7. The monoisotopic (exact) mass is 436 g/mol. The largest absolute Gasteiger partial charge is 0.347 e. The van der Waals surface area contributed by atoms with Gasteiger partial charge in [-0.05, 0) is 62.9 Å². The zero-order valence-electron chi connectivity index (χ0n) is 17.8. The quantitative estimate of drug-likeness (QED) is 0.637. The summed E-state index contributed by atoms with van der Waals surface area (Å²) in [6, 6.07) is 11.0. The van der Waals surface area contributed by atoms with E-state index in [4.69, 9.17) is 11.6 Å². The van der Waals surface area contributed by atoms with Gasteiger partial charge >= 0.3 is 0 Å². The van der Waals surface area contributed by atoms with E-state index in [9.17, 15) is 13.2 Å². The fraction of sp³-hybridized carbons (Fsp3) is 0.409. The highest BCUT2D eigenvalue weighted by atomic mass is 35.5.